The molecule has 0 spiro atoms. The smallest absolute Gasteiger partial charge is 0.264 e. The van der Waals surface area contributed by atoms with E-state index in [-0.39, 0.29) is 34.5 Å². The van der Waals surface area contributed by atoms with Gasteiger partial charge in [-0.05, 0) is 86.8 Å². The van der Waals surface area contributed by atoms with Crippen molar-refractivity contribution in [3.63, 3.8) is 0 Å². The highest BCUT2D eigenvalue weighted by atomic mass is 35.5. The molecule has 2 amide bonds. The summed E-state index contributed by atoms with van der Waals surface area (Å²) >= 11 is 18.8. The van der Waals surface area contributed by atoms with E-state index in [0.29, 0.717) is 21.2 Å². The SMILES string of the molecule is Cc1cc(Cl)ccc1N(CC(=O)N(Cc1ccc(Cl)c(Cl)c1)C(Cc1ccccc1)C(=O)NC(C)(C)C)S(=O)(=O)c1ccccc1. The largest absolute Gasteiger partial charge is 0.350 e. The summed E-state index contributed by atoms with van der Waals surface area (Å²) in [5.41, 5.74) is 1.68. The molecule has 0 bridgehead atoms. The summed E-state index contributed by atoms with van der Waals surface area (Å²) in [4.78, 5) is 30.0. The van der Waals surface area contributed by atoms with Gasteiger partial charge in [0.05, 0.1) is 20.6 Å². The monoisotopic (exact) mass is 699 g/mol. The number of carbonyl (C=O) groups is 2. The predicted octanol–water partition coefficient (Wildman–Crippen LogP) is 7.71. The molecule has 0 aliphatic carbocycles. The molecule has 0 aliphatic rings. The van der Waals surface area contributed by atoms with E-state index >= 15 is 0 Å². The lowest BCUT2D eigenvalue weighted by Crippen LogP contribution is -2.56. The van der Waals surface area contributed by atoms with Gasteiger partial charge in [0.25, 0.3) is 10.0 Å². The molecule has 4 aromatic rings. The number of nitrogens with one attached hydrogen (secondary N) is 1. The number of anilines is 1. The Morgan fingerprint density at radius 3 is 2.02 bits per heavy atom. The van der Waals surface area contributed by atoms with Crippen LogP contribution < -0.4 is 9.62 Å². The van der Waals surface area contributed by atoms with Crippen molar-refractivity contribution in [3.05, 3.63) is 129 Å². The fraction of sp³-hybridized carbons (Fsp3) is 0.257. The minimum atomic E-state index is -4.23. The molecule has 4 rings (SSSR count). The van der Waals surface area contributed by atoms with Crippen molar-refractivity contribution < 1.29 is 18.0 Å². The number of nitrogens with zero attached hydrogens (tertiary/aromatic N) is 2. The van der Waals surface area contributed by atoms with E-state index in [0.717, 1.165) is 9.87 Å². The fourth-order valence-electron chi connectivity index (χ4n) is 4.97. The van der Waals surface area contributed by atoms with Crippen molar-refractivity contribution in [2.45, 2.75) is 57.1 Å². The third-order valence-electron chi connectivity index (χ3n) is 7.14. The molecule has 242 valence electrons. The second kappa shape index (κ2) is 14.9. The number of amides is 2. The summed E-state index contributed by atoms with van der Waals surface area (Å²) in [6, 6.07) is 26.0. The van der Waals surface area contributed by atoms with E-state index in [1.54, 1.807) is 61.5 Å². The number of carbonyl (C=O) groups excluding carboxylic acids is 2. The fourth-order valence-corrected chi connectivity index (χ4v) is 7.02. The normalized spacial score (nSPS) is 12.3. The first-order valence-corrected chi connectivity index (χ1v) is 17.2. The van der Waals surface area contributed by atoms with Crippen molar-refractivity contribution in [3.8, 4) is 0 Å². The molecule has 4 aromatic carbocycles. The van der Waals surface area contributed by atoms with Gasteiger partial charge in [0.2, 0.25) is 11.8 Å². The number of hydrogen-bond acceptors (Lipinski definition) is 4. The molecule has 0 saturated heterocycles. The Labute approximate surface area is 286 Å². The molecule has 11 heteroatoms. The maximum absolute atomic E-state index is 14.6. The molecule has 1 N–H and O–H groups in total. The van der Waals surface area contributed by atoms with Gasteiger partial charge < -0.3 is 10.2 Å². The highest BCUT2D eigenvalue weighted by Crippen LogP contribution is 2.30. The number of rotatable bonds is 11. The molecule has 7 nitrogen and oxygen atoms in total. The molecule has 0 saturated carbocycles. The van der Waals surface area contributed by atoms with E-state index in [1.807, 2.05) is 51.1 Å². The predicted molar refractivity (Wildman–Crippen MR) is 186 cm³/mol. The summed E-state index contributed by atoms with van der Waals surface area (Å²) in [6.07, 6.45) is 0.182. The molecule has 0 fully saturated rings. The van der Waals surface area contributed by atoms with Crippen LogP contribution >= 0.6 is 34.8 Å². The summed E-state index contributed by atoms with van der Waals surface area (Å²) in [7, 11) is -4.23. The molecular formula is C35H36Cl3N3O4S. The summed E-state index contributed by atoms with van der Waals surface area (Å²) in [5, 5.41) is 4.06. The Balaban J connectivity index is 1.85. The zero-order valence-electron chi connectivity index (χ0n) is 26.0. The van der Waals surface area contributed by atoms with Crippen LogP contribution in [0.3, 0.4) is 0 Å². The molecule has 46 heavy (non-hydrogen) atoms. The molecule has 0 radical (unpaired) electrons. The second-order valence-electron chi connectivity index (χ2n) is 12.0. The van der Waals surface area contributed by atoms with Gasteiger partial charge in [-0.2, -0.15) is 0 Å². The van der Waals surface area contributed by atoms with Crippen LogP contribution in [0.25, 0.3) is 0 Å². The van der Waals surface area contributed by atoms with Crippen LogP contribution in [0.4, 0.5) is 5.69 Å². The van der Waals surface area contributed by atoms with Gasteiger partial charge in [-0.1, -0.05) is 89.4 Å². The minimum Gasteiger partial charge on any atom is -0.350 e. The Morgan fingerprint density at radius 1 is 0.804 bits per heavy atom. The number of aryl methyl sites for hydroxylation is 1. The average molecular weight is 701 g/mol. The number of halogens is 3. The standard InChI is InChI=1S/C35H36Cl3N3O4S/c1-24-19-27(36)16-18-31(24)41(46(44,45)28-13-9-6-10-14-28)23-33(42)40(22-26-15-17-29(37)30(38)20-26)32(34(43)39-35(2,3)4)21-25-11-7-5-8-12-25/h5-20,32H,21-23H2,1-4H3,(H,39,43). The highest BCUT2D eigenvalue weighted by Gasteiger charge is 2.36. The number of sulfonamides is 1. The van der Waals surface area contributed by atoms with Gasteiger partial charge >= 0.3 is 0 Å². The highest BCUT2D eigenvalue weighted by molar-refractivity contribution is 7.92. The van der Waals surface area contributed by atoms with Crippen molar-refractivity contribution in [1.82, 2.24) is 10.2 Å². The molecule has 0 aliphatic heterocycles. The second-order valence-corrected chi connectivity index (χ2v) is 15.1. The summed E-state index contributed by atoms with van der Waals surface area (Å²) in [5.74, 6) is -0.977. The van der Waals surface area contributed by atoms with E-state index in [1.165, 1.54) is 17.0 Å². The van der Waals surface area contributed by atoms with E-state index in [4.69, 9.17) is 34.8 Å². The van der Waals surface area contributed by atoms with Gasteiger partial charge in [0.15, 0.2) is 0 Å². The number of benzene rings is 4. The van der Waals surface area contributed by atoms with Crippen LogP contribution in [0.5, 0.6) is 0 Å². The lowest BCUT2D eigenvalue weighted by molar-refractivity contribution is -0.140. The van der Waals surface area contributed by atoms with E-state index in [9.17, 15) is 18.0 Å². The number of hydrogen-bond donors (Lipinski definition) is 1. The topological polar surface area (TPSA) is 86.8 Å². The lowest BCUT2D eigenvalue weighted by Gasteiger charge is -2.35. The van der Waals surface area contributed by atoms with Gasteiger partial charge in [-0.25, -0.2) is 8.42 Å². The van der Waals surface area contributed by atoms with Crippen molar-refractivity contribution in [2.75, 3.05) is 10.8 Å². The quantitative estimate of drug-likeness (QED) is 0.174. The first-order valence-electron chi connectivity index (χ1n) is 14.6. The first kappa shape index (κ1) is 35.3. The summed E-state index contributed by atoms with van der Waals surface area (Å²) < 4.78 is 29.4. The Kier molecular flexibility index (Phi) is 11.4. The lowest BCUT2D eigenvalue weighted by atomic mass is 10.0. The van der Waals surface area contributed by atoms with Crippen molar-refractivity contribution in [2.24, 2.45) is 0 Å². The first-order chi connectivity index (χ1) is 21.7. The van der Waals surface area contributed by atoms with E-state index in [2.05, 4.69) is 5.32 Å². The minimum absolute atomic E-state index is 0.0134. The third-order valence-corrected chi connectivity index (χ3v) is 9.89. The Morgan fingerprint density at radius 2 is 1.43 bits per heavy atom. The average Bonchev–Trinajstić information content (AvgIpc) is 2.99. The van der Waals surface area contributed by atoms with Crippen LogP contribution in [-0.4, -0.2) is 43.3 Å². The van der Waals surface area contributed by atoms with Crippen LogP contribution in [0, 0.1) is 6.92 Å². The van der Waals surface area contributed by atoms with Crippen molar-refractivity contribution in [1.29, 1.82) is 0 Å². The Hall–Kier alpha value is -3.56. The molecule has 0 aromatic heterocycles. The maximum Gasteiger partial charge on any atom is 0.264 e. The van der Waals surface area contributed by atoms with Crippen LogP contribution in [0.15, 0.2) is 102 Å². The van der Waals surface area contributed by atoms with Crippen LogP contribution in [0.1, 0.15) is 37.5 Å². The van der Waals surface area contributed by atoms with Gasteiger partial charge in [-0.3, -0.25) is 13.9 Å². The van der Waals surface area contributed by atoms with Crippen LogP contribution in [0.2, 0.25) is 15.1 Å². The van der Waals surface area contributed by atoms with Gasteiger partial charge in [-0.15, -0.1) is 0 Å². The van der Waals surface area contributed by atoms with Gasteiger partial charge in [0, 0.05) is 23.5 Å². The molecule has 1 unspecified atom stereocenters. The Bertz CT molecular complexity index is 1800. The summed E-state index contributed by atoms with van der Waals surface area (Å²) in [6.45, 7) is 6.66. The van der Waals surface area contributed by atoms with Crippen LogP contribution in [-0.2, 0) is 32.6 Å². The van der Waals surface area contributed by atoms with Gasteiger partial charge in [0.1, 0.15) is 12.6 Å². The third kappa shape index (κ3) is 9.04. The van der Waals surface area contributed by atoms with Crippen molar-refractivity contribution >= 4 is 62.3 Å². The molecular weight excluding hydrogens is 665 g/mol. The zero-order valence-corrected chi connectivity index (χ0v) is 29.1. The molecule has 1 atom stereocenters. The van der Waals surface area contributed by atoms with E-state index < -0.39 is 34.1 Å². The zero-order chi connectivity index (χ0) is 33.6. The maximum atomic E-state index is 14.6. The molecule has 0 heterocycles.